The van der Waals surface area contributed by atoms with Crippen molar-refractivity contribution in [2.24, 2.45) is 0 Å². The van der Waals surface area contributed by atoms with E-state index < -0.39 is 6.09 Å². The average molecular weight is 273 g/mol. The standard InChI is InChI=1S/C9H9BrN2O3/c1-14-8-6(2-5(10)3-11-8)7-4-12-9(13)15-7/h2-3,7H,4H2,1H3,(H,12,13). The summed E-state index contributed by atoms with van der Waals surface area (Å²) >= 11 is 3.31. The van der Waals surface area contributed by atoms with E-state index >= 15 is 0 Å². The number of aromatic nitrogens is 1. The molecule has 1 fully saturated rings. The monoisotopic (exact) mass is 272 g/mol. The number of alkyl carbamates (subject to hydrolysis) is 1. The van der Waals surface area contributed by atoms with E-state index in [1.165, 1.54) is 7.11 Å². The number of hydrogen-bond acceptors (Lipinski definition) is 4. The Balaban J connectivity index is 2.33. The third-order valence-corrected chi connectivity index (χ3v) is 2.50. The topological polar surface area (TPSA) is 60.5 Å². The Kier molecular flexibility index (Phi) is 2.77. The number of nitrogens with one attached hydrogen (secondary N) is 1. The summed E-state index contributed by atoms with van der Waals surface area (Å²) in [5, 5.41) is 2.58. The summed E-state index contributed by atoms with van der Waals surface area (Å²) in [7, 11) is 1.53. The number of carbonyl (C=O) groups excluding carboxylic acids is 1. The summed E-state index contributed by atoms with van der Waals surface area (Å²) in [5.41, 5.74) is 0.755. The van der Waals surface area contributed by atoms with Crippen molar-refractivity contribution in [3.8, 4) is 5.88 Å². The number of nitrogens with zero attached hydrogens (tertiary/aromatic N) is 1. The molecule has 0 spiro atoms. The van der Waals surface area contributed by atoms with Gasteiger partial charge in [-0.05, 0) is 22.0 Å². The Morgan fingerprint density at radius 1 is 1.73 bits per heavy atom. The molecule has 2 heterocycles. The average Bonchev–Trinajstić information content (AvgIpc) is 2.65. The van der Waals surface area contributed by atoms with Crippen LogP contribution in [0.5, 0.6) is 5.88 Å². The molecule has 1 aliphatic rings. The predicted octanol–water partition coefficient (Wildman–Crippen LogP) is 1.63. The van der Waals surface area contributed by atoms with Gasteiger partial charge in [0, 0.05) is 10.7 Å². The lowest BCUT2D eigenvalue weighted by Gasteiger charge is -2.11. The van der Waals surface area contributed by atoms with Crippen LogP contribution in [-0.4, -0.2) is 24.7 Å². The zero-order chi connectivity index (χ0) is 10.8. The van der Waals surface area contributed by atoms with Crippen LogP contribution >= 0.6 is 15.9 Å². The fraction of sp³-hybridized carbons (Fsp3) is 0.333. The molecule has 0 aliphatic carbocycles. The van der Waals surface area contributed by atoms with E-state index in [2.05, 4.69) is 26.2 Å². The van der Waals surface area contributed by atoms with Gasteiger partial charge in [-0.3, -0.25) is 0 Å². The molecule has 2 rings (SSSR count). The van der Waals surface area contributed by atoms with Crippen LogP contribution < -0.4 is 10.1 Å². The summed E-state index contributed by atoms with van der Waals surface area (Å²) in [6.45, 7) is 0.438. The van der Waals surface area contributed by atoms with Crippen molar-refractivity contribution in [2.45, 2.75) is 6.10 Å². The number of hydrogen-bond donors (Lipinski definition) is 1. The van der Waals surface area contributed by atoms with Crippen molar-refractivity contribution in [3.63, 3.8) is 0 Å². The van der Waals surface area contributed by atoms with Gasteiger partial charge in [0.1, 0.15) is 0 Å². The van der Waals surface area contributed by atoms with Crippen molar-refractivity contribution < 1.29 is 14.3 Å². The fourth-order valence-corrected chi connectivity index (χ4v) is 1.75. The lowest BCUT2D eigenvalue weighted by Crippen LogP contribution is -2.12. The lowest BCUT2D eigenvalue weighted by molar-refractivity contribution is 0.139. The highest BCUT2D eigenvalue weighted by Crippen LogP contribution is 2.29. The van der Waals surface area contributed by atoms with Gasteiger partial charge in [-0.15, -0.1) is 0 Å². The number of pyridine rings is 1. The SMILES string of the molecule is COc1ncc(Br)cc1C1CNC(=O)O1. The molecule has 6 heteroatoms. The maximum Gasteiger partial charge on any atom is 0.407 e. The molecule has 1 saturated heterocycles. The maximum absolute atomic E-state index is 10.9. The van der Waals surface area contributed by atoms with Crippen molar-refractivity contribution in [3.05, 3.63) is 22.3 Å². The molecule has 0 aromatic carbocycles. The maximum atomic E-state index is 10.9. The summed E-state index contributed by atoms with van der Waals surface area (Å²) in [6.07, 6.45) is 0.881. The smallest absolute Gasteiger partial charge is 0.407 e. The summed E-state index contributed by atoms with van der Waals surface area (Å²) < 4.78 is 11.0. The normalized spacial score (nSPS) is 19.6. The molecule has 0 bridgehead atoms. The second kappa shape index (κ2) is 4.06. The van der Waals surface area contributed by atoms with Gasteiger partial charge in [-0.25, -0.2) is 9.78 Å². The van der Waals surface area contributed by atoms with Gasteiger partial charge in [-0.2, -0.15) is 0 Å². The largest absolute Gasteiger partial charge is 0.481 e. The van der Waals surface area contributed by atoms with Crippen molar-refractivity contribution in [2.75, 3.05) is 13.7 Å². The van der Waals surface area contributed by atoms with Gasteiger partial charge in [0.25, 0.3) is 0 Å². The van der Waals surface area contributed by atoms with Crippen LogP contribution in [0.15, 0.2) is 16.7 Å². The van der Waals surface area contributed by atoms with Gasteiger partial charge in [0.05, 0.1) is 19.2 Å². The van der Waals surface area contributed by atoms with E-state index in [4.69, 9.17) is 9.47 Å². The second-order valence-electron chi connectivity index (χ2n) is 3.03. The molecule has 0 saturated carbocycles. The van der Waals surface area contributed by atoms with Crippen LogP contribution in [0, 0.1) is 0 Å². The molecular formula is C9H9BrN2O3. The van der Waals surface area contributed by atoms with Gasteiger partial charge < -0.3 is 14.8 Å². The summed E-state index contributed by atoms with van der Waals surface area (Å²) in [4.78, 5) is 15.0. The Bertz CT molecular complexity index is 397. The van der Waals surface area contributed by atoms with Gasteiger partial charge in [-0.1, -0.05) is 0 Å². The molecule has 1 atom stereocenters. The molecule has 1 aliphatic heterocycles. The van der Waals surface area contributed by atoms with Crippen LogP contribution in [0.3, 0.4) is 0 Å². The van der Waals surface area contributed by atoms with Crippen LogP contribution in [0.4, 0.5) is 4.79 Å². The number of amides is 1. The van der Waals surface area contributed by atoms with E-state index in [1.54, 1.807) is 6.20 Å². The number of carbonyl (C=O) groups is 1. The minimum absolute atomic E-state index is 0.336. The highest BCUT2D eigenvalue weighted by atomic mass is 79.9. The molecule has 15 heavy (non-hydrogen) atoms. The first-order valence-electron chi connectivity index (χ1n) is 4.34. The Morgan fingerprint density at radius 2 is 2.53 bits per heavy atom. The van der Waals surface area contributed by atoms with Crippen molar-refractivity contribution in [1.29, 1.82) is 0 Å². The first-order chi connectivity index (χ1) is 7.20. The highest BCUT2D eigenvalue weighted by molar-refractivity contribution is 9.10. The predicted molar refractivity (Wildman–Crippen MR) is 55.7 cm³/mol. The molecular weight excluding hydrogens is 264 g/mol. The number of methoxy groups -OCH3 is 1. The van der Waals surface area contributed by atoms with Gasteiger partial charge >= 0.3 is 6.09 Å². The molecule has 1 amide bonds. The minimum Gasteiger partial charge on any atom is -0.481 e. The van der Waals surface area contributed by atoms with Crippen molar-refractivity contribution >= 4 is 22.0 Å². The van der Waals surface area contributed by atoms with E-state index in [9.17, 15) is 4.79 Å². The summed E-state index contributed by atoms with van der Waals surface area (Å²) in [5.74, 6) is 0.472. The van der Waals surface area contributed by atoms with E-state index in [0.717, 1.165) is 10.0 Å². The minimum atomic E-state index is -0.415. The highest BCUT2D eigenvalue weighted by Gasteiger charge is 2.27. The Labute approximate surface area is 94.9 Å². The van der Waals surface area contributed by atoms with E-state index in [1.807, 2.05) is 6.07 Å². The van der Waals surface area contributed by atoms with Crippen LogP contribution in [0.2, 0.25) is 0 Å². The van der Waals surface area contributed by atoms with Crippen LogP contribution in [0.25, 0.3) is 0 Å². The lowest BCUT2D eigenvalue weighted by atomic mass is 10.1. The van der Waals surface area contributed by atoms with Crippen LogP contribution in [-0.2, 0) is 4.74 Å². The fourth-order valence-electron chi connectivity index (χ4n) is 1.41. The molecule has 1 unspecified atom stereocenters. The van der Waals surface area contributed by atoms with Gasteiger partial charge in [0.2, 0.25) is 5.88 Å². The number of halogens is 1. The summed E-state index contributed by atoms with van der Waals surface area (Å²) in [6, 6.07) is 1.83. The Morgan fingerprint density at radius 3 is 3.13 bits per heavy atom. The molecule has 80 valence electrons. The number of ether oxygens (including phenoxy) is 2. The first-order valence-corrected chi connectivity index (χ1v) is 5.14. The zero-order valence-electron chi connectivity index (χ0n) is 7.99. The number of rotatable bonds is 2. The zero-order valence-corrected chi connectivity index (χ0v) is 9.58. The molecule has 1 aromatic rings. The molecule has 0 radical (unpaired) electrons. The first kappa shape index (κ1) is 10.2. The third-order valence-electron chi connectivity index (χ3n) is 2.07. The second-order valence-corrected chi connectivity index (χ2v) is 3.94. The quantitative estimate of drug-likeness (QED) is 0.889. The van der Waals surface area contributed by atoms with E-state index in [-0.39, 0.29) is 6.10 Å². The molecule has 1 N–H and O–H groups in total. The van der Waals surface area contributed by atoms with E-state index in [0.29, 0.717) is 12.4 Å². The van der Waals surface area contributed by atoms with Crippen LogP contribution in [0.1, 0.15) is 11.7 Å². The molecule has 1 aromatic heterocycles. The Hall–Kier alpha value is -1.30. The molecule has 5 nitrogen and oxygen atoms in total. The number of cyclic esters (lactones) is 1. The third kappa shape index (κ3) is 2.04. The van der Waals surface area contributed by atoms with Gasteiger partial charge in [0.15, 0.2) is 6.10 Å². The van der Waals surface area contributed by atoms with Crippen molar-refractivity contribution in [1.82, 2.24) is 10.3 Å².